The monoisotopic (exact) mass is 451 g/mol. The van der Waals surface area contributed by atoms with Gasteiger partial charge in [0.2, 0.25) is 0 Å². The number of hydrogen-bond donors (Lipinski definition) is 1. The minimum absolute atomic E-state index is 0. The lowest BCUT2D eigenvalue weighted by Crippen LogP contribution is -2.40. The lowest BCUT2D eigenvalue weighted by Gasteiger charge is -2.21. The van der Waals surface area contributed by atoms with Crippen LogP contribution >= 0.6 is 35.3 Å². The highest BCUT2D eigenvalue weighted by atomic mass is 127. The van der Waals surface area contributed by atoms with Crippen molar-refractivity contribution in [2.75, 3.05) is 33.3 Å². The molecule has 0 amide bonds. The van der Waals surface area contributed by atoms with Crippen LogP contribution in [0.4, 0.5) is 0 Å². The molecule has 23 heavy (non-hydrogen) atoms. The molecule has 1 aromatic rings. The Morgan fingerprint density at radius 1 is 1.52 bits per heavy atom. The van der Waals surface area contributed by atoms with Crippen molar-refractivity contribution in [1.82, 2.24) is 10.2 Å². The van der Waals surface area contributed by atoms with Crippen LogP contribution in [0.1, 0.15) is 19.4 Å². The van der Waals surface area contributed by atoms with E-state index in [4.69, 9.17) is 9.73 Å². The van der Waals surface area contributed by atoms with Gasteiger partial charge in [0.15, 0.2) is 5.96 Å². The Balaban J connectivity index is 0.00000264. The van der Waals surface area contributed by atoms with E-state index in [9.17, 15) is 4.79 Å². The Kier molecular flexibility index (Phi) is 8.90. The number of nitrogens with one attached hydrogen (secondary N) is 1. The number of methoxy groups -OCH3 is 1. The van der Waals surface area contributed by atoms with Crippen LogP contribution in [-0.2, 0) is 16.0 Å². The molecular weight excluding hydrogens is 425 g/mol. The van der Waals surface area contributed by atoms with Gasteiger partial charge in [0, 0.05) is 26.2 Å². The summed E-state index contributed by atoms with van der Waals surface area (Å²) in [5, 5.41) is 7.58. The normalized spacial score (nSPS) is 21.0. The zero-order valence-electron chi connectivity index (χ0n) is 13.9. The van der Waals surface area contributed by atoms with Gasteiger partial charge in [0.05, 0.1) is 13.0 Å². The summed E-state index contributed by atoms with van der Waals surface area (Å²) in [7, 11) is 1.46. The summed E-state index contributed by atoms with van der Waals surface area (Å²) in [5.41, 5.74) is 1.33. The lowest BCUT2D eigenvalue weighted by molar-refractivity contribution is -0.145. The van der Waals surface area contributed by atoms with Crippen LogP contribution in [0.3, 0.4) is 0 Å². The van der Waals surface area contributed by atoms with Crippen LogP contribution in [0.5, 0.6) is 0 Å². The Morgan fingerprint density at radius 3 is 2.91 bits per heavy atom. The van der Waals surface area contributed by atoms with E-state index < -0.39 is 0 Å². The molecule has 130 valence electrons. The molecule has 1 saturated heterocycles. The number of carbonyl (C=O) groups excluding carboxylic acids is 1. The van der Waals surface area contributed by atoms with Gasteiger partial charge in [0.25, 0.3) is 0 Å². The topological polar surface area (TPSA) is 53.9 Å². The molecule has 2 unspecified atom stereocenters. The van der Waals surface area contributed by atoms with Crippen LogP contribution in [0.2, 0.25) is 0 Å². The van der Waals surface area contributed by atoms with E-state index in [1.807, 2.05) is 0 Å². The molecule has 5 nitrogen and oxygen atoms in total. The maximum atomic E-state index is 11.8. The second kappa shape index (κ2) is 10.1. The van der Waals surface area contributed by atoms with Crippen molar-refractivity contribution in [3.63, 3.8) is 0 Å². The summed E-state index contributed by atoms with van der Waals surface area (Å²) in [5.74, 6) is 0.999. The van der Waals surface area contributed by atoms with E-state index in [2.05, 4.69) is 40.9 Å². The SMILES string of the molecule is CCNC(=NCCc1ccsc1)N1CC(C)C(C(=O)OC)C1.I. The summed E-state index contributed by atoms with van der Waals surface area (Å²) in [6, 6.07) is 2.14. The third-order valence-corrected chi connectivity index (χ3v) is 4.72. The molecule has 0 aliphatic carbocycles. The second-order valence-electron chi connectivity index (χ2n) is 5.63. The molecule has 2 rings (SSSR count). The fraction of sp³-hybridized carbons (Fsp3) is 0.625. The van der Waals surface area contributed by atoms with Crippen molar-refractivity contribution in [3.05, 3.63) is 22.4 Å². The number of carbonyl (C=O) groups is 1. The Morgan fingerprint density at radius 2 is 2.30 bits per heavy atom. The van der Waals surface area contributed by atoms with Crippen molar-refractivity contribution in [2.24, 2.45) is 16.8 Å². The number of halogens is 1. The van der Waals surface area contributed by atoms with E-state index in [1.54, 1.807) is 11.3 Å². The fourth-order valence-electron chi connectivity index (χ4n) is 2.75. The molecule has 1 aliphatic rings. The minimum Gasteiger partial charge on any atom is -0.469 e. The van der Waals surface area contributed by atoms with Crippen LogP contribution < -0.4 is 5.32 Å². The van der Waals surface area contributed by atoms with Crippen molar-refractivity contribution >= 4 is 47.2 Å². The van der Waals surface area contributed by atoms with Gasteiger partial charge in [-0.3, -0.25) is 9.79 Å². The summed E-state index contributed by atoms with van der Waals surface area (Å²) in [6.07, 6.45) is 0.947. The van der Waals surface area contributed by atoms with Gasteiger partial charge in [-0.2, -0.15) is 11.3 Å². The molecule has 0 spiro atoms. The minimum atomic E-state index is -0.121. The first-order chi connectivity index (χ1) is 10.7. The maximum absolute atomic E-state index is 11.8. The van der Waals surface area contributed by atoms with Crippen LogP contribution in [0, 0.1) is 11.8 Å². The predicted molar refractivity (Wildman–Crippen MR) is 106 cm³/mol. The largest absolute Gasteiger partial charge is 0.469 e. The zero-order chi connectivity index (χ0) is 15.9. The van der Waals surface area contributed by atoms with Crippen molar-refractivity contribution in [2.45, 2.75) is 20.3 Å². The number of guanidine groups is 1. The predicted octanol–water partition coefficient (Wildman–Crippen LogP) is 2.62. The van der Waals surface area contributed by atoms with Crippen molar-refractivity contribution in [3.8, 4) is 0 Å². The molecule has 0 radical (unpaired) electrons. The molecule has 0 bridgehead atoms. The Bertz CT molecular complexity index is 507. The lowest BCUT2D eigenvalue weighted by atomic mass is 9.99. The third-order valence-electron chi connectivity index (χ3n) is 3.99. The van der Waals surface area contributed by atoms with Gasteiger partial charge in [-0.05, 0) is 41.7 Å². The summed E-state index contributed by atoms with van der Waals surface area (Å²) >= 11 is 1.71. The highest BCUT2D eigenvalue weighted by Crippen LogP contribution is 2.24. The molecule has 1 fully saturated rings. The van der Waals surface area contributed by atoms with E-state index in [1.165, 1.54) is 12.7 Å². The summed E-state index contributed by atoms with van der Waals surface area (Å²) in [4.78, 5) is 18.7. The highest BCUT2D eigenvalue weighted by molar-refractivity contribution is 14.0. The Labute approximate surface area is 159 Å². The third kappa shape index (κ3) is 5.63. The highest BCUT2D eigenvalue weighted by Gasteiger charge is 2.36. The van der Waals surface area contributed by atoms with Gasteiger partial charge < -0.3 is 15.0 Å². The fourth-order valence-corrected chi connectivity index (χ4v) is 3.45. The number of thiophene rings is 1. The smallest absolute Gasteiger partial charge is 0.310 e. The molecule has 1 aromatic heterocycles. The first kappa shape index (κ1) is 20.2. The quantitative estimate of drug-likeness (QED) is 0.324. The molecule has 7 heteroatoms. The standard InChI is InChI=1S/C16H25N3O2S.HI/c1-4-17-16(18-7-5-13-6-8-22-11-13)19-9-12(2)14(10-19)15(20)21-3;/h6,8,11-12,14H,4-5,7,9-10H2,1-3H3,(H,17,18);1H. The molecule has 0 aromatic carbocycles. The average Bonchev–Trinajstić information content (AvgIpc) is 3.15. The summed E-state index contributed by atoms with van der Waals surface area (Å²) in [6.45, 7) is 7.25. The van der Waals surface area contributed by atoms with E-state index >= 15 is 0 Å². The molecule has 2 atom stereocenters. The number of aliphatic imine (C=N–C) groups is 1. The van der Waals surface area contributed by atoms with E-state index in [-0.39, 0.29) is 41.8 Å². The molecule has 1 N–H and O–H groups in total. The number of nitrogens with zero attached hydrogens (tertiary/aromatic N) is 2. The van der Waals surface area contributed by atoms with Crippen molar-refractivity contribution in [1.29, 1.82) is 0 Å². The second-order valence-corrected chi connectivity index (χ2v) is 6.41. The van der Waals surface area contributed by atoms with Gasteiger partial charge in [0.1, 0.15) is 0 Å². The van der Waals surface area contributed by atoms with Gasteiger partial charge in [-0.25, -0.2) is 0 Å². The first-order valence-corrected chi connectivity index (χ1v) is 8.72. The molecular formula is C16H26IN3O2S. The maximum Gasteiger partial charge on any atom is 0.310 e. The van der Waals surface area contributed by atoms with E-state index in [0.717, 1.165) is 32.0 Å². The summed E-state index contributed by atoms with van der Waals surface area (Å²) < 4.78 is 4.90. The van der Waals surface area contributed by atoms with Gasteiger partial charge >= 0.3 is 5.97 Å². The number of esters is 1. The zero-order valence-corrected chi connectivity index (χ0v) is 17.1. The van der Waals surface area contributed by atoms with Crippen LogP contribution in [0.15, 0.2) is 21.8 Å². The number of ether oxygens (including phenoxy) is 1. The molecule has 2 heterocycles. The molecule has 1 aliphatic heterocycles. The van der Waals surface area contributed by atoms with Crippen molar-refractivity contribution < 1.29 is 9.53 Å². The average molecular weight is 451 g/mol. The van der Waals surface area contributed by atoms with Gasteiger partial charge in [-0.15, -0.1) is 24.0 Å². The number of likely N-dealkylation sites (tertiary alicyclic amines) is 1. The first-order valence-electron chi connectivity index (χ1n) is 7.77. The van der Waals surface area contributed by atoms with Gasteiger partial charge in [-0.1, -0.05) is 6.92 Å². The molecule has 0 saturated carbocycles. The van der Waals surface area contributed by atoms with E-state index in [0.29, 0.717) is 6.54 Å². The van der Waals surface area contributed by atoms with Crippen LogP contribution in [-0.4, -0.2) is 50.1 Å². The Hall–Kier alpha value is -0.830. The number of rotatable bonds is 5. The number of hydrogen-bond acceptors (Lipinski definition) is 4. The van der Waals surface area contributed by atoms with Crippen LogP contribution in [0.25, 0.3) is 0 Å².